The summed E-state index contributed by atoms with van der Waals surface area (Å²) < 4.78 is 5.09. The fraction of sp³-hybridized carbons (Fsp3) is 0.273. The van der Waals surface area contributed by atoms with Crippen LogP contribution in [0.3, 0.4) is 0 Å². The number of amides is 1. The van der Waals surface area contributed by atoms with Crippen LogP contribution in [0.15, 0.2) is 12.1 Å². The molecule has 2 N–H and O–H groups in total. The summed E-state index contributed by atoms with van der Waals surface area (Å²) in [5.74, 6) is -1.15. The molecule has 0 spiro atoms. The van der Waals surface area contributed by atoms with E-state index >= 15 is 0 Å². The molecule has 0 saturated carbocycles. The van der Waals surface area contributed by atoms with Crippen molar-refractivity contribution in [1.29, 1.82) is 0 Å². The molecule has 0 saturated heterocycles. The van der Waals surface area contributed by atoms with Crippen molar-refractivity contribution in [2.45, 2.75) is 19.4 Å². The highest BCUT2D eigenvalue weighted by Gasteiger charge is 2.36. The van der Waals surface area contributed by atoms with Gasteiger partial charge >= 0.3 is 12.1 Å². The van der Waals surface area contributed by atoms with E-state index in [9.17, 15) is 9.59 Å². The summed E-state index contributed by atoms with van der Waals surface area (Å²) in [6.45, 7) is 3.35. The SMILES string of the molecule is CC1(C)OC(=O)Nc2c(C(=O)O)cc(Cl)cc21. The largest absolute Gasteiger partial charge is 0.478 e. The zero-order valence-electron chi connectivity index (χ0n) is 9.20. The number of hydrogen-bond donors (Lipinski definition) is 2. The second kappa shape index (κ2) is 3.63. The standard InChI is InChI=1S/C11H10ClNO4/c1-11(2)7-4-5(12)3-6(9(14)15)8(7)13-10(16)17-11/h3-4H,1-2H3,(H,13,16)(H,14,15). The van der Waals surface area contributed by atoms with E-state index in [4.69, 9.17) is 21.4 Å². The Morgan fingerprint density at radius 1 is 1.47 bits per heavy atom. The maximum Gasteiger partial charge on any atom is 0.412 e. The molecule has 0 atom stereocenters. The lowest BCUT2D eigenvalue weighted by Crippen LogP contribution is -2.35. The van der Waals surface area contributed by atoms with Crippen molar-refractivity contribution < 1.29 is 19.4 Å². The van der Waals surface area contributed by atoms with Crippen LogP contribution in [0.1, 0.15) is 29.8 Å². The number of hydrogen-bond acceptors (Lipinski definition) is 3. The normalized spacial score (nSPS) is 16.8. The highest BCUT2D eigenvalue weighted by Crippen LogP contribution is 2.39. The van der Waals surface area contributed by atoms with E-state index < -0.39 is 17.7 Å². The van der Waals surface area contributed by atoms with Crippen LogP contribution in [0.2, 0.25) is 5.02 Å². The molecule has 1 aliphatic heterocycles. The van der Waals surface area contributed by atoms with Gasteiger partial charge in [-0.05, 0) is 26.0 Å². The smallest absolute Gasteiger partial charge is 0.412 e. The predicted molar refractivity (Wildman–Crippen MR) is 61.5 cm³/mol. The van der Waals surface area contributed by atoms with Crippen molar-refractivity contribution in [2.24, 2.45) is 0 Å². The molecule has 0 aliphatic carbocycles. The third-order valence-electron chi connectivity index (χ3n) is 2.56. The van der Waals surface area contributed by atoms with Gasteiger partial charge in [0, 0.05) is 10.6 Å². The molecule has 0 bridgehead atoms. The minimum Gasteiger partial charge on any atom is -0.478 e. The Morgan fingerprint density at radius 2 is 2.12 bits per heavy atom. The molecule has 0 fully saturated rings. The molecule has 90 valence electrons. The van der Waals surface area contributed by atoms with Gasteiger partial charge in [-0.2, -0.15) is 0 Å². The Balaban J connectivity index is 2.73. The number of rotatable bonds is 1. The Hall–Kier alpha value is -1.75. The Kier molecular flexibility index (Phi) is 2.50. The van der Waals surface area contributed by atoms with Crippen molar-refractivity contribution in [3.05, 3.63) is 28.3 Å². The van der Waals surface area contributed by atoms with Crippen LogP contribution in [0.25, 0.3) is 0 Å². The van der Waals surface area contributed by atoms with Gasteiger partial charge in [-0.25, -0.2) is 9.59 Å². The number of nitrogens with one attached hydrogen (secondary N) is 1. The first kappa shape index (κ1) is 11.7. The number of anilines is 1. The molecule has 2 rings (SSSR count). The van der Waals surface area contributed by atoms with Gasteiger partial charge in [0.25, 0.3) is 0 Å². The highest BCUT2D eigenvalue weighted by molar-refractivity contribution is 6.31. The molecule has 0 radical (unpaired) electrons. The van der Waals surface area contributed by atoms with E-state index in [0.29, 0.717) is 5.56 Å². The number of carbonyl (C=O) groups excluding carboxylic acids is 1. The minimum absolute atomic E-state index is 0.0442. The molecular weight excluding hydrogens is 246 g/mol. The first-order chi connectivity index (χ1) is 7.81. The molecule has 1 heterocycles. The van der Waals surface area contributed by atoms with Gasteiger partial charge in [-0.15, -0.1) is 0 Å². The molecule has 17 heavy (non-hydrogen) atoms. The van der Waals surface area contributed by atoms with E-state index in [1.807, 2.05) is 0 Å². The van der Waals surface area contributed by atoms with E-state index in [0.717, 1.165) is 0 Å². The maximum absolute atomic E-state index is 11.3. The zero-order chi connectivity index (χ0) is 12.8. The van der Waals surface area contributed by atoms with Gasteiger partial charge in [0.2, 0.25) is 0 Å². The van der Waals surface area contributed by atoms with Crippen LogP contribution in [0, 0.1) is 0 Å². The molecule has 5 nitrogen and oxygen atoms in total. The average molecular weight is 256 g/mol. The molecule has 0 aromatic heterocycles. The van der Waals surface area contributed by atoms with Crippen molar-refractivity contribution in [1.82, 2.24) is 0 Å². The van der Waals surface area contributed by atoms with Gasteiger partial charge in [-0.3, -0.25) is 5.32 Å². The number of halogens is 1. The fourth-order valence-electron chi connectivity index (χ4n) is 1.80. The van der Waals surface area contributed by atoms with Crippen molar-refractivity contribution in [2.75, 3.05) is 5.32 Å². The van der Waals surface area contributed by atoms with E-state index in [1.165, 1.54) is 6.07 Å². The third kappa shape index (κ3) is 1.93. The summed E-state index contributed by atoms with van der Waals surface area (Å²) in [5, 5.41) is 11.7. The molecule has 1 aromatic carbocycles. The third-order valence-corrected chi connectivity index (χ3v) is 2.78. The topological polar surface area (TPSA) is 75.6 Å². The van der Waals surface area contributed by atoms with Gasteiger partial charge < -0.3 is 9.84 Å². The molecule has 1 aliphatic rings. The molecular formula is C11H10ClNO4. The Bertz CT molecular complexity index is 524. The molecule has 0 unspecified atom stereocenters. The van der Waals surface area contributed by atoms with Crippen LogP contribution in [0.4, 0.5) is 10.5 Å². The summed E-state index contributed by atoms with van der Waals surface area (Å²) >= 11 is 5.86. The number of carboxylic acid groups (broad SMARTS) is 1. The number of ether oxygens (including phenoxy) is 1. The average Bonchev–Trinajstić information content (AvgIpc) is 2.17. The summed E-state index contributed by atoms with van der Waals surface area (Å²) in [7, 11) is 0. The number of benzene rings is 1. The summed E-state index contributed by atoms with van der Waals surface area (Å²) in [6.07, 6.45) is -0.674. The van der Waals surface area contributed by atoms with E-state index in [2.05, 4.69) is 5.32 Å². The lowest BCUT2D eigenvalue weighted by molar-refractivity contribution is 0.0419. The van der Waals surface area contributed by atoms with Gasteiger partial charge in [0.05, 0.1) is 11.3 Å². The first-order valence-corrected chi connectivity index (χ1v) is 5.26. The van der Waals surface area contributed by atoms with Crippen molar-refractivity contribution >= 4 is 29.4 Å². The second-order valence-corrected chi connectivity index (χ2v) is 4.64. The number of carboxylic acids is 1. The lowest BCUT2D eigenvalue weighted by atomic mass is 9.92. The number of carbonyl (C=O) groups is 2. The molecule has 6 heteroatoms. The number of cyclic esters (lactones) is 1. The van der Waals surface area contributed by atoms with Gasteiger partial charge in [0.1, 0.15) is 5.60 Å². The van der Waals surface area contributed by atoms with Crippen LogP contribution in [-0.4, -0.2) is 17.2 Å². The van der Waals surface area contributed by atoms with E-state index in [1.54, 1.807) is 19.9 Å². The van der Waals surface area contributed by atoms with Gasteiger partial charge in [0.15, 0.2) is 0 Å². The zero-order valence-corrected chi connectivity index (χ0v) is 9.96. The highest BCUT2D eigenvalue weighted by atomic mass is 35.5. The molecule has 1 amide bonds. The number of fused-ring (bicyclic) bond motifs is 1. The quantitative estimate of drug-likeness (QED) is 0.809. The van der Waals surface area contributed by atoms with Crippen LogP contribution in [-0.2, 0) is 10.3 Å². The second-order valence-electron chi connectivity index (χ2n) is 4.21. The van der Waals surface area contributed by atoms with Crippen LogP contribution < -0.4 is 5.32 Å². The fourth-order valence-corrected chi connectivity index (χ4v) is 2.02. The monoisotopic (exact) mass is 255 g/mol. The van der Waals surface area contributed by atoms with E-state index in [-0.39, 0.29) is 16.3 Å². The predicted octanol–water partition coefficient (Wildman–Crippen LogP) is 2.84. The number of aromatic carboxylic acids is 1. The minimum atomic E-state index is -1.15. The summed E-state index contributed by atoms with van der Waals surface area (Å²) in [6, 6.07) is 2.88. The summed E-state index contributed by atoms with van der Waals surface area (Å²) in [4.78, 5) is 22.4. The Morgan fingerprint density at radius 3 is 2.71 bits per heavy atom. The molecule has 1 aromatic rings. The van der Waals surface area contributed by atoms with Crippen LogP contribution >= 0.6 is 11.6 Å². The first-order valence-electron chi connectivity index (χ1n) is 4.88. The lowest BCUT2D eigenvalue weighted by Gasteiger charge is -2.33. The van der Waals surface area contributed by atoms with Crippen LogP contribution in [0.5, 0.6) is 0 Å². The van der Waals surface area contributed by atoms with Gasteiger partial charge in [-0.1, -0.05) is 11.6 Å². The van der Waals surface area contributed by atoms with Crippen molar-refractivity contribution in [3.63, 3.8) is 0 Å². The van der Waals surface area contributed by atoms with Crippen molar-refractivity contribution in [3.8, 4) is 0 Å². The summed E-state index contributed by atoms with van der Waals surface area (Å²) in [5.41, 5.74) is -0.172. The maximum atomic E-state index is 11.3. The Labute approximate surface area is 102 Å².